The Hall–Kier alpha value is -2.79. The number of nitrogens with one attached hydrogen (secondary N) is 1. The molecule has 3 aromatic rings. The van der Waals surface area contributed by atoms with Crippen LogP contribution in [0.3, 0.4) is 0 Å². The maximum absolute atomic E-state index is 13.1. The van der Waals surface area contributed by atoms with Gasteiger partial charge in [0.25, 0.3) is 5.56 Å². The summed E-state index contributed by atoms with van der Waals surface area (Å²) < 4.78 is 29.2. The highest BCUT2D eigenvalue weighted by molar-refractivity contribution is 7.89. The van der Waals surface area contributed by atoms with Gasteiger partial charge in [-0.3, -0.25) is 19.1 Å². The predicted octanol–water partition coefficient (Wildman–Crippen LogP) is 2.61. The van der Waals surface area contributed by atoms with E-state index in [2.05, 4.69) is 10.2 Å². The number of carbonyl (C=O) groups is 1. The minimum absolute atomic E-state index is 0.146. The van der Waals surface area contributed by atoms with Crippen molar-refractivity contribution in [1.29, 1.82) is 0 Å². The Morgan fingerprint density at radius 3 is 2.35 bits per heavy atom. The van der Waals surface area contributed by atoms with Gasteiger partial charge in [0.15, 0.2) is 0 Å². The van der Waals surface area contributed by atoms with Gasteiger partial charge in [-0.25, -0.2) is 13.4 Å². The summed E-state index contributed by atoms with van der Waals surface area (Å²) in [7, 11) is -1.97. The van der Waals surface area contributed by atoms with E-state index in [-0.39, 0.29) is 22.4 Å². The second-order valence-electron chi connectivity index (χ2n) is 8.32. The smallest absolute Gasteiger partial charge is 0.261 e. The van der Waals surface area contributed by atoms with Crippen LogP contribution in [-0.4, -0.2) is 59.3 Å². The number of nitrogens with zero attached hydrogens (tertiary/aromatic N) is 4. The summed E-state index contributed by atoms with van der Waals surface area (Å²) in [4.78, 5) is 31.0. The largest absolute Gasteiger partial charge is 0.326 e. The van der Waals surface area contributed by atoms with Crippen molar-refractivity contribution in [2.75, 3.05) is 31.5 Å². The zero-order chi connectivity index (χ0) is 24.6. The first kappa shape index (κ1) is 24.3. The predicted molar refractivity (Wildman–Crippen MR) is 131 cm³/mol. The second kappa shape index (κ2) is 9.46. The van der Waals surface area contributed by atoms with Crippen molar-refractivity contribution >= 4 is 44.1 Å². The molecule has 0 aliphatic carbocycles. The minimum Gasteiger partial charge on any atom is -0.326 e. The average Bonchev–Trinajstić information content (AvgIpc) is 2.81. The summed E-state index contributed by atoms with van der Waals surface area (Å²) >= 11 is 6.09. The molecule has 1 amide bonds. The maximum atomic E-state index is 13.1. The first-order valence-corrected chi connectivity index (χ1v) is 12.7. The number of piperazine rings is 1. The normalized spacial score (nSPS) is 16.5. The molecule has 9 nitrogen and oxygen atoms in total. The van der Waals surface area contributed by atoms with Gasteiger partial charge in [0.2, 0.25) is 15.9 Å². The average molecular weight is 504 g/mol. The Kier molecular flexibility index (Phi) is 6.77. The van der Waals surface area contributed by atoms with Crippen LogP contribution in [0, 0.1) is 0 Å². The number of amides is 1. The van der Waals surface area contributed by atoms with E-state index in [0.29, 0.717) is 53.6 Å². The van der Waals surface area contributed by atoms with Gasteiger partial charge in [0.1, 0.15) is 5.82 Å². The van der Waals surface area contributed by atoms with Gasteiger partial charge in [-0.2, -0.15) is 4.31 Å². The molecular formula is C23H26ClN5O4S. The molecule has 0 saturated carbocycles. The lowest BCUT2D eigenvalue weighted by Gasteiger charge is -2.37. The third-order valence-electron chi connectivity index (χ3n) is 6.08. The number of benzene rings is 2. The van der Waals surface area contributed by atoms with Crippen LogP contribution in [0.4, 0.5) is 5.69 Å². The molecule has 34 heavy (non-hydrogen) atoms. The lowest BCUT2D eigenvalue weighted by Crippen LogP contribution is -2.49. The van der Waals surface area contributed by atoms with Gasteiger partial charge >= 0.3 is 0 Å². The van der Waals surface area contributed by atoms with E-state index in [1.165, 1.54) is 23.4 Å². The molecule has 1 atom stereocenters. The molecule has 180 valence electrons. The van der Waals surface area contributed by atoms with Crippen molar-refractivity contribution in [3.8, 4) is 0 Å². The number of hydrogen-bond acceptors (Lipinski definition) is 6. The van der Waals surface area contributed by atoms with Gasteiger partial charge in [-0.1, -0.05) is 11.6 Å². The van der Waals surface area contributed by atoms with E-state index in [0.717, 1.165) is 0 Å². The number of hydrogen-bond donors (Lipinski definition) is 1. The van der Waals surface area contributed by atoms with Gasteiger partial charge in [-0.05, 0) is 49.4 Å². The first-order valence-electron chi connectivity index (χ1n) is 10.9. The van der Waals surface area contributed by atoms with Gasteiger partial charge in [0.05, 0.1) is 21.8 Å². The zero-order valence-corrected chi connectivity index (χ0v) is 20.7. The summed E-state index contributed by atoms with van der Waals surface area (Å²) in [6.45, 7) is 4.97. The Bertz CT molecular complexity index is 1400. The molecule has 11 heteroatoms. The van der Waals surface area contributed by atoms with Crippen molar-refractivity contribution in [2.45, 2.75) is 24.8 Å². The fraction of sp³-hybridized carbons (Fsp3) is 0.348. The Morgan fingerprint density at radius 2 is 1.74 bits per heavy atom. The van der Waals surface area contributed by atoms with E-state index in [4.69, 9.17) is 16.6 Å². The SMILES string of the molecule is CC(=O)Nc1ccc(S(=O)(=O)N2CCN(C(C)c3nc4cc(Cl)ccc4c(=O)n3C)CC2)cc1. The fourth-order valence-corrected chi connectivity index (χ4v) is 5.78. The number of fused-ring (bicyclic) bond motifs is 1. The van der Waals surface area contributed by atoms with E-state index in [1.807, 2.05) is 6.92 Å². The van der Waals surface area contributed by atoms with Crippen LogP contribution < -0.4 is 10.9 Å². The monoisotopic (exact) mass is 503 g/mol. The molecule has 1 N–H and O–H groups in total. The van der Waals surface area contributed by atoms with Crippen molar-refractivity contribution in [3.05, 3.63) is 63.7 Å². The van der Waals surface area contributed by atoms with Crippen molar-refractivity contribution in [1.82, 2.24) is 18.8 Å². The van der Waals surface area contributed by atoms with Crippen LogP contribution in [-0.2, 0) is 21.9 Å². The molecule has 1 fully saturated rings. The molecule has 0 spiro atoms. The highest BCUT2D eigenvalue weighted by Gasteiger charge is 2.31. The Morgan fingerprint density at radius 1 is 1.09 bits per heavy atom. The van der Waals surface area contributed by atoms with E-state index >= 15 is 0 Å². The van der Waals surface area contributed by atoms with Gasteiger partial charge < -0.3 is 5.32 Å². The lowest BCUT2D eigenvalue weighted by molar-refractivity contribution is -0.114. The topological polar surface area (TPSA) is 105 Å². The minimum atomic E-state index is -3.66. The second-order valence-corrected chi connectivity index (χ2v) is 10.7. The molecule has 0 radical (unpaired) electrons. The van der Waals surface area contributed by atoms with Crippen LogP contribution in [0.1, 0.15) is 25.7 Å². The number of sulfonamides is 1. The lowest BCUT2D eigenvalue weighted by atomic mass is 10.2. The molecule has 1 saturated heterocycles. The summed E-state index contributed by atoms with van der Waals surface area (Å²) in [5, 5.41) is 3.64. The first-order chi connectivity index (χ1) is 16.1. The standard InChI is InChI=1S/C23H26ClN5O4S/c1-15(22-26-21-14-17(24)4-9-20(21)23(31)27(22)3)28-10-12-29(13-11-28)34(32,33)19-7-5-18(6-8-19)25-16(2)30/h4-9,14-15H,10-13H2,1-3H3,(H,25,30). The van der Waals surface area contributed by atoms with Crippen LogP contribution >= 0.6 is 11.6 Å². The molecule has 2 aromatic carbocycles. The van der Waals surface area contributed by atoms with Gasteiger partial charge in [-0.15, -0.1) is 0 Å². The highest BCUT2D eigenvalue weighted by Crippen LogP contribution is 2.25. The maximum Gasteiger partial charge on any atom is 0.261 e. The van der Waals surface area contributed by atoms with Crippen molar-refractivity contribution < 1.29 is 13.2 Å². The third-order valence-corrected chi connectivity index (χ3v) is 8.23. The summed E-state index contributed by atoms with van der Waals surface area (Å²) in [6.07, 6.45) is 0. The van der Waals surface area contributed by atoms with Crippen molar-refractivity contribution in [2.24, 2.45) is 7.05 Å². The third kappa shape index (κ3) is 4.72. The summed E-state index contributed by atoms with van der Waals surface area (Å²) in [5.41, 5.74) is 0.939. The van der Waals surface area contributed by atoms with E-state index in [9.17, 15) is 18.0 Å². The summed E-state index contributed by atoms with van der Waals surface area (Å²) in [5.74, 6) is 0.381. The number of carbonyl (C=O) groups excluding carboxylic acids is 1. The molecule has 1 aliphatic rings. The molecule has 1 aromatic heterocycles. The molecule has 4 rings (SSSR count). The number of anilines is 1. The molecular weight excluding hydrogens is 478 g/mol. The number of rotatable bonds is 5. The Balaban J connectivity index is 1.50. The number of halogens is 1. The van der Waals surface area contributed by atoms with E-state index < -0.39 is 10.0 Å². The molecule has 0 bridgehead atoms. The molecule has 2 heterocycles. The van der Waals surface area contributed by atoms with Gasteiger partial charge in [0, 0.05) is 50.9 Å². The van der Waals surface area contributed by atoms with Crippen LogP contribution in [0.15, 0.2) is 52.2 Å². The highest BCUT2D eigenvalue weighted by atomic mass is 35.5. The van der Waals surface area contributed by atoms with Crippen LogP contribution in [0.5, 0.6) is 0 Å². The zero-order valence-electron chi connectivity index (χ0n) is 19.2. The van der Waals surface area contributed by atoms with E-state index in [1.54, 1.807) is 41.9 Å². The van der Waals surface area contributed by atoms with Crippen LogP contribution in [0.25, 0.3) is 10.9 Å². The number of aromatic nitrogens is 2. The quantitative estimate of drug-likeness (QED) is 0.574. The molecule has 1 aliphatic heterocycles. The fourth-order valence-electron chi connectivity index (χ4n) is 4.19. The van der Waals surface area contributed by atoms with Crippen LogP contribution in [0.2, 0.25) is 5.02 Å². The summed E-state index contributed by atoms with van der Waals surface area (Å²) in [6, 6.07) is 11.0. The van der Waals surface area contributed by atoms with Crippen molar-refractivity contribution in [3.63, 3.8) is 0 Å². The Labute approximate surface area is 203 Å². The molecule has 1 unspecified atom stereocenters.